The lowest BCUT2D eigenvalue weighted by atomic mass is 10.0. The Balaban J connectivity index is 4.01. The van der Waals surface area contributed by atoms with Gasteiger partial charge in [-0.15, -0.1) is 0 Å². The Morgan fingerprint density at radius 1 is 0.385 bits per heavy atom. The number of carboxylic acid groups (broad SMARTS) is 1. The fraction of sp³-hybridized carbons (Fsp3) is 0.841. The van der Waals surface area contributed by atoms with Crippen LogP contribution in [0.2, 0.25) is 0 Å². The van der Waals surface area contributed by atoms with Crippen LogP contribution in [0.5, 0.6) is 0 Å². The summed E-state index contributed by atoms with van der Waals surface area (Å²) in [5.74, 6) is -2.00. The van der Waals surface area contributed by atoms with Crippen molar-refractivity contribution >= 4 is 17.9 Å². The van der Waals surface area contributed by atoms with E-state index in [-0.39, 0.29) is 32.2 Å². The molecule has 0 amide bonds. The third kappa shape index (κ3) is 60.9. The van der Waals surface area contributed by atoms with Crippen LogP contribution in [0.3, 0.4) is 0 Å². The first kappa shape index (κ1) is 75.2. The maximum Gasteiger partial charge on any atom is 0.361 e. The standard InChI is InChI=1S/C69H127NO8/c1-6-8-10-12-14-16-18-20-22-24-25-26-27-28-29-30-31-32-33-34-35-36-37-38-39-40-41-42-43-44-46-48-50-52-54-56-58-60-67(72)78-65(64-77-69(68(73)74)75-62-61-70(3,4)5)63-76-66(71)59-57-55-53-51-49-47-45-23-21-19-17-15-13-11-9-7-2/h18,20,23-25,27-28,45,65,69H,6-17,19,21-22,26,29-44,46-64H2,1-5H3/p+1/b20-18-,25-24-,28-27-,45-23-. The van der Waals surface area contributed by atoms with Crippen LogP contribution in [-0.2, 0) is 33.3 Å². The zero-order chi connectivity index (χ0) is 56.9. The number of likely N-dealkylation sites (N-methyl/N-ethyl adjacent to an activating group) is 1. The summed E-state index contributed by atoms with van der Waals surface area (Å²) in [6, 6.07) is 0. The van der Waals surface area contributed by atoms with Crippen LogP contribution in [0, 0.1) is 0 Å². The number of hydrogen-bond acceptors (Lipinski definition) is 7. The van der Waals surface area contributed by atoms with Crippen LogP contribution in [-0.4, -0.2) is 87.4 Å². The van der Waals surface area contributed by atoms with Gasteiger partial charge in [-0.1, -0.05) is 274 Å². The summed E-state index contributed by atoms with van der Waals surface area (Å²) >= 11 is 0. The van der Waals surface area contributed by atoms with E-state index in [1.54, 1.807) is 0 Å². The quantitative estimate of drug-likeness (QED) is 0.0211. The first-order valence-corrected chi connectivity index (χ1v) is 33.3. The zero-order valence-corrected chi connectivity index (χ0v) is 52.1. The van der Waals surface area contributed by atoms with E-state index in [1.165, 1.54) is 225 Å². The molecular formula is C69H128NO8+. The molecule has 0 fully saturated rings. The van der Waals surface area contributed by atoms with Crippen LogP contribution in [0.1, 0.15) is 316 Å². The number of nitrogens with zero attached hydrogens (tertiary/aromatic N) is 1. The number of allylic oxidation sites excluding steroid dienone is 8. The van der Waals surface area contributed by atoms with Gasteiger partial charge >= 0.3 is 17.9 Å². The number of hydrogen-bond donors (Lipinski definition) is 1. The van der Waals surface area contributed by atoms with E-state index >= 15 is 0 Å². The Labute approximate surface area is 482 Å². The molecule has 0 radical (unpaired) electrons. The largest absolute Gasteiger partial charge is 0.477 e. The number of unbranched alkanes of at least 4 members (excludes halogenated alkanes) is 39. The molecule has 0 heterocycles. The molecule has 9 heteroatoms. The lowest BCUT2D eigenvalue weighted by molar-refractivity contribution is -0.870. The van der Waals surface area contributed by atoms with Crippen molar-refractivity contribution in [2.45, 2.75) is 328 Å². The van der Waals surface area contributed by atoms with Crippen molar-refractivity contribution in [3.8, 4) is 0 Å². The SMILES string of the molecule is CCCCCCC/C=C\C/C=C\C/C=C\CCCCCCCCCCCCCCCCCCCCCCCCC(=O)OC(COC(=O)CCCCCCC/C=C\CCCCCCCCC)COC(OCC[N+](C)(C)C)C(=O)O. The van der Waals surface area contributed by atoms with Gasteiger partial charge in [0.2, 0.25) is 0 Å². The highest BCUT2D eigenvalue weighted by Gasteiger charge is 2.25. The molecule has 0 spiro atoms. The third-order valence-corrected chi connectivity index (χ3v) is 14.8. The summed E-state index contributed by atoms with van der Waals surface area (Å²) in [6.45, 7) is 4.89. The Morgan fingerprint density at radius 2 is 0.692 bits per heavy atom. The van der Waals surface area contributed by atoms with Gasteiger partial charge in [0, 0.05) is 12.8 Å². The lowest BCUT2D eigenvalue weighted by Gasteiger charge is -2.25. The maximum absolute atomic E-state index is 12.9. The first-order valence-electron chi connectivity index (χ1n) is 33.3. The van der Waals surface area contributed by atoms with Gasteiger partial charge < -0.3 is 28.5 Å². The molecule has 0 aromatic carbocycles. The van der Waals surface area contributed by atoms with Gasteiger partial charge in [0.1, 0.15) is 13.2 Å². The van der Waals surface area contributed by atoms with Crippen LogP contribution in [0.25, 0.3) is 0 Å². The van der Waals surface area contributed by atoms with Gasteiger partial charge in [0.25, 0.3) is 6.29 Å². The van der Waals surface area contributed by atoms with Crippen molar-refractivity contribution in [1.29, 1.82) is 0 Å². The monoisotopic (exact) mass is 1100 g/mol. The Hall–Kier alpha value is -2.75. The number of ether oxygens (including phenoxy) is 4. The first-order chi connectivity index (χ1) is 38.1. The van der Waals surface area contributed by atoms with Crippen LogP contribution in [0.15, 0.2) is 48.6 Å². The molecule has 0 aliphatic rings. The highest BCUT2D eigenvalue weighted by Crippen LogP contribution is 2.18. The molecular weight excluding hydrogens is 971 g/mol. The number of rotatable bonds is 62. The van der Waals surface area contributed by atoms with Crippen molar-refractivity contribution in [2.75, 3.05) is 47.5 Å². The van der Waals surface area contributed by atoms with E-state index in [4.69, 9.17) is 18.9 Å². The van der Waals surface area contributed by atoms with E-state index in [0.29, 0.717) is 17.4 Å². The minimum absolute atomic E-state index is 0.183. The van der Waals surface area contributed by atoms with Crippen molar-refractivity contribution in [1.82, 2.24) is 0 Å². The summed E-state index contributed by atoms with van der Waals surface area (Å²) in [6.07, 6.45) is 73.7. The minimum Gasteiger partial charge on any atom is -0.477 e. The normalized spacial score (nSPS) is 13.0. The molecule has 2 unspecified atom stereocenters. The smallest absolute Gasteiger partial charge is 0.361 e. The Kier molecular flexibility index (Phi) is 58.2. The van der Waals surface area contributed by atoms with Crippen molar-refractivity contribution in [2.24, 2.45) is 0 Å². The maximum atomic E-state index is 12.9. The average molecular weight is 1100 g/mol. The van der Waals surface area contributed by atoms with Gasteiger partial charge in [-0.25, -0.2) is 4.79 Å². The second-order valence-electron chi connectivity index (χ2n) is 23.8. The summed E-state index contributed by atoms with van der Waals surface area (Å²) in [4.78, 5) is 37.5. The summed E-state index contributed by atoms with van der Waals surface area (Å²) in [7, 11) is 5.98. The van der Waals surface area contributed by atoms with Crippen LogP contribution < -0.4 is 0 Å². The van der Waals surface area contributed by atoms with Crippen LogP contribution >= 0.6 is 0 Å². The molecule has 0 aromatic rings. The molecule has 0 aliphatic heterocycles. The molecule has 0 aliphatic carbocycles. The summed E-state index contributed by atoms with van der Waals surface area (Å²) in [5, 5.41) is 9.72. The fourth-order valence-electron chi connectivity index (χ4n) is 9.67. The number of aliphatic carboxylic acids is 1. The molecule has 1 N–H and O–H groups in total. The third-order valence-electron chi connectivity index (χ3n) is 14.8. The lowest BCUT2D eigenvalue weighted by Crippen LogP contribution is -2.40. The predicted octanol–water partition coefficient (Wildman–Crippen LogP) is 20.2. The summed E-state index contributed by atoms with van der Waals surface area (Å²) < 4.78 is 22.9. The second-order valence-corrected chi connectivity index (χ2v) is 23.8. The average Bonchev–Trinajstić information content (AvgIpc) is 3.41. The Bertz CT molecular complexity index is 1420. The molecule has 0 saturated carbocycles. The number of carboxylic acids is 1. The molecule has 0 aromatic heterocycles. The molecule has 9 nitrogen and oxygen atoms in total. The van der Waals surface area contributed by atoms with Gasteiger partial charge in [-0.3, -0.25) is 9.59 Å². The molecule has 456 valence electrons. The Morgan fingerprint density at radius 3 is 1.04 bits per heavy atom. The van der Waals surface area contributed by atoms with Gasteiger partial charge in [0.05, 0.1) is 34.4 Å². The second kappa shape index (κ2) is 60.3. The van der Waals surface area contributed by atoms with Gasteiger partial charge in [-0.2, -0.15) is 0 Å². The molecule has 0 rings (SSSR count). The van der Waals surface area contributed by atoms with Crippen LogP contribution in [0.4, 0.5) is 0 Å². The van der Waals surface area contributed by atoms with E-state index in [1.807, 2.05) is 21.1 Å². The number of carbonyl (C=O) groups excluding carboxylic acids is 2. The predicted molar refractivity (Wildman–Crippen MR) is 332 cm³/mol. The van der Waals surface area contributed by atoms with Crippen molar-refractivity contribution < 1.29 is 42.9 Å². The van der Waals surface area contributed by atoms with E-state index < -0.39 is 24.3 Å². The number of quaternary nitrogens is 1. The van der Waals surface area contributed by atoms with Gasteiger partial charge in [0.15, 0.2) is 6.10 Å². The van der Waals surface area contributed by atoms with E-state index in [0.717, 1.165) is 64.2 Å². The van der Waals surface area contributed by atoms with Gasteiger partial charge in [-0.05, 0) is 77.0 Å². The molecule has 0 saturated heterocycles. The molecule has 2 atom stereocenters. The number of esters is 2. The topological polar surface area (TPSA) is 108 Å². The van der Waals surface area contributed by atoms with Crippen molar-refractivity contribution in [3.63, 3.8) is 0 Å². The highest BCUT2D eigenvalue weighted by atomic mass is 16.7. The molecule has 0 bridgehead atoms. The number of carbonyl (C=O) groups is 3. The minimum atomic E-state index is -1.51. The fourth-order valence-corrected chi connectivity index (χ4v) is 9.67. The summed E-state index contributed by atoms with van der Waals surface area (Å²) in [5.41, 5.74) is 0. The highest BCUT2D eigenvalue weighted by molar-refractivity contribution is 5.71. The molecule has 78 heavy (non-hydrogen) atoms. The van der Waals surface area contributed by atoms with E-state index in [9.17, 15) is 19.5 Å². The van der Waals surface area contributed by atoms with Crippen molar-refractivity contribution in [3.05, 3.63) is 48.6 Å². The zero-order valence-electron chi connectivity index (χ0n) is 52.1. The van der Waals surface area contributed by atoms with E-state index in [2.05, 4.69) is 62.5 Å².